The number of nitrogens with zero attached hydrogens (tertiary/aromatic N) is 1. The van der Waals surface area contributed by atoms with Crippen LogP contribution in [-0.4, -0.2) is 36.5 Å². The van der Waals surface area contributed by atoms with Crippen LogP contribution in [0.25, 0.3) is 6.08 Å². The molecule has 5 nitrogen and oxygen atoms in total. The molecule has 3 atom stereocenters. The lowest BCUT2D eigenvalue weighted by Crippen LogP contribution is -2.48. The fourth-order valence-corrected chi connectivity index (χ4v) is 6.43. The number of hydrogen-bond acceptors (Lipinski definition) is 5. The number of aryl methyl sites for hydroxylation is 1. The van der Waals surface area contributed by atoms with E-state index >= 15 is 0 Å². The number of ketones is 3. The molecule has 5 heteroatoms. The summed E-state index contributed by atoms with van der Waals surface area (Å²) in [5.41, 5.74) is 3.04. The van der Waals surface area contributed by atoms with Crippen molar-refractivity contribution in [3.05, 3.63) is 101 Å². The Morgan fingerprint density at radius 1 is 0.943 bits per heavy atom. The van der Waals surface area contributed by atoms with Crippen molar-refractivity contribution in [3.8, 4) is 5.75 Å². The van der Waals surface area contributed by atoms with Crippen LogP contribution in [0.2, 0.25) is 0 Å². The van der Waals surface area contributed by atoms with Crippen LogP contribution in [-0.2, 0) is 4.79 Å². The first kappa shape index (κ1) is 21.5. The summed E-state index contributed by atoms with van der Waals surface area (Å²) in [5.74, 6) is -0.578. The largest absolute Gasteiger partial charge is 0.497 e. The molecule has 1 spiro atoms. The van der Waals surface area contributed by atoms with Crippen LogP contribution in [0.3, 0.4) is 0 Å². The van der Waals surface area contributed by atoms with Crippen molar-refractivity contribution in [2.45, 2.75) is 31.8 Å². The van der Waals surface area contributed by atoms with Gasteiger partial charge >= 0.3 is 0 Å². The van der Waals surface area contributed by atoms with Gasteiger partial charge in [-0.2, -0.15) is 0 Å². The second-order valence-corrected chi connectivity index (χ2v) is 9.66. The van der Waals surface area contributed by atoms with Gasteiger partial charge in [-0.3, -0.25) is 14.4 Å². The van der Waals surface area contributed by atoms with E-state index in [-0.39, 0.29) is 17.3 Å². The maximum absolute atomic E-state index is 14.3. The van der Waals surface area contributed by atoms with E-state index in [2.05, 4.69) is 0 Å². The number of benzene rings is 3. The van der Waals surface area contributed by atoms with E-state index in [0.717, 1.165) is 22.4 Å². The van der Waals surface area contributed by atoms with Gasteiger partial charge in [0.1, 0.15) is 11.2 Å². The molecule has 2 heterocycles. The average Bonchev–Trinajstić information content (AvgIpc) is 3.31. The molecule has 3 aromatic carbocycles. The smallest absolute Gasteiger partial charge is 0.180 e. The van der Waals surface area contributed by atoms with Crippen molar-refractivity contribution in [1.82, 2.24) is 0 Å². The van der Waals surface area contributed by atoms with Crippen molar-refractivity contribution in [2.24, 2.45) is 5.41 Å². The zero-order chi connectivity index (χ0) is 24.5. The Hall–Kier alpha value is -3.99. The van der Waals surface area contributed by atoms with Gasteiger partial charge in [0.05, 0.1) is 19.2 Å². The Kier molecular flexibility index (Phi) is 4.62. The molecule has 1 aliphatic carbocycles. The van der Waals surface area contributed by atoms with E-state index in [0.29, 0.717) is 16.9 Å². The molecule has 3 aromatic rings. The number of ether oxygens (including phenoxy) is 1. The lowest BCUT2D eigenvalue weighted by molar-refractivity contribution is -0.118. The predicted octanol–water partition coefficient (Wildman–Crippen LogP) is 5.03. The van der Waals surface area contributed by atoms with Gasteiger partial charge in [0.2, 0.25) is 0 Å². The molecule has 0 aromatic heterocycles. The van der Waals surface area contributed by atoms with E-state index in [1.54, 1.807) is 38.3 Å². The first-order valence-electron chi connectivity index (χ1n) is 11.8. The van der Waals surface area contributed by atoms with Gasteiger partial charge in [-0.1, -0.05) is 60.7 Å². The Morgan fingerprint density at radius 2 is 1.66 bits per heavy atom. The third kappa shape index (κ3) is 2.72. The standard InChI is InChI=1S/C30H25NO4/c1-17-11-12-19-13-14-25-30(28(33)22-9-4-5-10-23(22)29(30)34)26(20-7-6-8-21(16-20)35-3)27(18(2)32)31(25)24(19)15-17/h4-16,25-27H,1-3H3. The van der Waals surface area contributed by atoms with Gasteiger partial charge in [0.25, 0.3) is 0 Å². The highest BCUT2D eigenvalue weighted by atomic mass is 16.5. The van der Waals surface area contributed by atoms with E-state index in [9.17, 15) is 14.4 Å². The Labute approximate surface area is 204 Å². The van der Waals surface area contributed by atoms with E-state index in [4.69, 9.17) is 4.74 Å². The zero-order valence-electron chi connectivity index (χ0n) is 19.8. The number of rotatable bonds is 3. The van der Waals surface area contributed by atoms with Gasteiger partial charge < -0.3 is 9.64 Å². The lowest BCUT2D eigenvalue weighted by atomic mass is 9.64. The fourth-order valence-electron chi connectivity index (χ4n) is 6.43. The number of fused-ring (bicyclic) bond motifs is 5. The molecule has 3 unspecified atom stereocenters. The first-order chi connectivity index (χ1) is 16.9. The Morgan fingerprint density at radius 3 is 2.31 bits per heavy atom. The summed E-state index contributed by atoms with van der Waals surface area (Å²) >= 11 is 0. The summed E-state index contributed by atoms with van der Waals surface area (Å²) < 4.78 is 5.49. The van der Waals surface area contributed by atoms with Gasteiger partial charge in [0, 0.05) is 22.7 Å². The van der Waals surface area contributed by atoms with Gasteiger partial charge in [-0.25, -0.2) is 0 Å². The molecule has 0 bridgehead atoms. The van der Waals surface area contributed by atoms with Gasteiger partial charge in [-0.15, -0.1) is 0 Å². The average molecular weight is 464 g/mol. The first-order valence-corrected chi connectivity index (χ1v) is 11.8. The van der Waals surface area contributed by atoms with Gasteiger partial charge in [-0.05, 0) is 48.7 Å². The lowest BCUT2D eigenvalue weighted by Gasteiger charge is -2.37. The van der Waals surface area contributed by atoms with E-state index < -0.39 is 23.4 Å². The third-order valence-corrected chi connectivity index (χ3v) is 7.83. The van der Waals surface area contributed by atoms with E-state index in [1.807, 2.05) is 66.4 Å². The number of carbonyl (C=O) groups excluding carboxylic acids is 3. The molecule has 3 aliphatic rings. The molecule has 0 N–H and O–H groups in total. The number of anilines is 1. The van der Waals surface area contributed by atoms with E-state index in [1.165, 1.54) is 0 Å². The summed E-state index contributed by atoms with van der Waals surface area (Å²) in [6.07, 6.45) is 3.92. The topological polar surface area (TPSA) is 63.7 Å². The second-order valence-electron chi connectivity index (χ2n) is 9.66. The second kappa shape index (κ2) is 7.51. The summed E-state index contributed by atoms with van der Waals surface area (Å²) in [6.45, 7) is 3.56. The minimum atomic E-state index is -1.45. The van der Waals surface area contributed by atoms with Crippen molar-refractivity contribution in [2.75, 3.05) is 12.0 Å². The molecule has 0 amide bonds. The minimum Gasteiger partial charge on any atom is -0.497 e. The molecule has 1 fully saturated rings. The molecule has 35 heavy (non-hydrogen) atoms. The van der Waals surface area contributed by atoms with Crippen LogP contribution in [0.1, 0.15) is 50.2 Å². The minimum absolute atomic E-state index is 0.0843. The zero-order valence-corrected chi connectivity index (χ0v) is 19.8. The predicted molar refractivity (Wildman–Crippen MR) is 134 cm³/mol. The number of hydrogen-bond donors (Lipinski definition) is 0. The highest BCUT2D eigenvalue weighted by Gasteiger charge is 2.71. The van der Waals surface area contributed by atoms with Crippen LogP contribution in [0.5, 0.6) is 5.75 Å². The quantitative estimate of drug-likeness (QED) is 0.510. The van der Waals surface area contributed by atoms with Crippen molar-refractivity contribution in [3.63, 3.8) is 0 Å². The van der Waals surface area contributed by atoms with Crippen molar-refractivity contribution < 1.29 is 19.1 Å². The van der Waals surface area contributed by atoms with Gasteiger partial charge in [0.15, 0.2) is 17.3 Å². The molecular weight excluding hydrogens is 438 g/mol. The van der Waals surface area contributed by atoms with Crippen LogP contribution >= 0.6 is 0 Å². The molecule has 174 valence electrons. The highest BCUT2D eigenvalue weighted by molar-refractivity contribution is 6.32. The molecule has 0 radical (unpaired) electrons. The Balaban J connectivity index is 1.69. The van der Waals surface area contributed by atoms with Crippen LogP contribution in [0.4, 0.5) is 5.69 Å². The van der Waals surface area contributed by atoms with Crippen molar-refractivity contribution >= 4 is 29.1 Å². The SMILES string of the molecule is COc1cccc(C2C(C(C)=O)N3c4cc(C)ccc4C=CC3C23C(=O)c2ccccc2C3=O)c1. The van der Waals surface area contributed by atoms with Crippen LogP contribution < -0.4 is 9.64 Å². The Bertz CT molecular complexity index is 1420. The highest BCUT2D eigenvalue weighted by Crippen LogP contribution is 2.60. The fraction of sp³-hybridized carbons (Fsp3) is 0.233. The summed E-state index contributed by atoms with van der Waals surface area (Å²) in [7, 11) is 1.58. The summed E-state index contributed by atoms with van der Waals surface area (Å²) in [6, 6.07) is 19.3. The molecule has 1 saturated heterocycles. The summed E-state index contributed by atoms with van der Waals surface area (Å²) in [5, 5.41) is 0. The maximum Gasteiger partial charge on any atom is 0.180 e. The third-order valence-electron chi connectivity index (χ3n) is 7.83. The van der Waals surface area contributed by atoms with Crippen molar-refractivity contribution in [1.29, 1.82) is 0 Å². The normalized spacial score (nSPS) is 23.3. The monoisotopic (exact) mass is 463 g/mol. The number of carbonyl (C=O) groups is 3. The van der Waals surface area contributed by atoms with Crippen LogP contribution in [0, 0.1) is 12.3 Å². The summed E-state index contributed by atoms with van der Waals surface area (Å²) in [4.78, 5) is 44.2. The molecule has 0 saturated carbocycles. The number of Topliss-reactive ketones (excluding diaryl/α,β-unsaturated/α-hetero) is 3. The number of methoxy groups -OCH3 is 1. The molecule has 2 aliphatic heterocycles. The maximum atomic E-state index is 14.3. The molecule has 6 rings (SSSR count). The van der Waals surface area contributed by atoms with Crippen LogP contribution in [0.15, 0.2) is 72.8 Å². The molecular formula is C30H25NO4.